The van der Waals surface area contributed by atoms with E-state index in [0.717, 1.165) is 10.4 Å². The van der Waals surface area contributed by atoms with E-state index in [4.69, 9.17) is 4.74 Å². The van der Waals surface area contributed by atoms with Crippen molar-refractivity contribution in [3.8, 4) is 0 Å². The molecule has 1 heterocycles. The number of thiophene rings is 1. The summed E-state index contributed by atoms with van der Waals surface area (Å²) < 4.78 is 18.4. The predicted molar refractivity (Wildman–Crippen MR) is 119 cm³/mol. The number of ether oxygens (including phenoxy) is 1. The van der Waals surface area contributed by atoms with Crippen LogP contribution in [0.2, 0.25) is 0 Å². The maximum Gasteiger partial charge on any atom is 0.254 e. The van der Waals surface area contributed by atoms with Crippen molar-refractivity contribution in [1.29, 1.82) is 0 Å². The summed E-state index contributed by atoms with van der Waals surface area (Å²) >= 11 is 1.56. The van der Waals surface area contributed by atoms with Gasteiger partial charge < -0.3 is 14.5 Å². The van der Waals surface area contributed by atoms with Crippen molar-refractivity contribution in [3.05, 3.63) is 93.9 Å². The Balaban J connectivity index is 1.78. The molecule has 0 unspecified atom stereocenters. The van der Waals surface area contributed by atoms with E-state index in [0.29, 0.717) is 31.8 Å². The summed E-state index contributed by atoms with van der Waals surface area (Å²) in [4.78, 5) is 30.5. The number of hydrogen-bond acceptors (Lipinski definition) is 4. The fraction of sp³-hybridized carbons (Fsp3) is 0.250. The van der Waals surface area contributed by atoms with Gasteiger partial charge in [-0.15, -0.1) is 11.3 Å². The summed E-state index contributed by atoms with van der Waals surface area (Å²) in [6, 6.07) is 18.9. The van der Waals surface area contributed by atoms with Crippen LogP contribution in [0.1, 0.15) is 20.8 Å². The zero-order valence-electron chi connectivity index (χ0n) is 17.4. The molecule has 31 heavy (non-hydrogen) atoms. The van der Waals surface area contributed by atoms with Gasteiger partial charge in [0.05, 0.1) is 13.2 Å². The van der Waals surface area contributed by atoms with Gasteiger partial charge in [0.15, 0.2) is 0 Å². The molecule has 0 saturated heterocycles. The summed E-state index contributed by atoms with van der Waals surface area (Å²) in [5.74, 6) is -0.721. The normalized spacial score (nSPS) is 10.6. The molecule has 0 N–H and O–H groups in total. The molecule has 0 atom stereocenters. The average Bonchev–Trinajstić information content (AvgIpc) is 3.31. The zero-order valence-corrected chi connectivity index (χ0v) is 18.2. The third kappa shape index (κ3) is 6.73. The maximum absolute atomic E-state index is 13.3. The number of benzene rings is 2. The standard InChI is InChI=1S/C24H25FN2O3S/c1-30-14-13-26(24(29)20-6-3-2-4-7-20)18-23(28)27(17-22-8-5-15-31-22)16-19-9-11-21(25)12-10-19/h2-12,15H,13-14,16-18H2,1H3. The van der Waals surface area contributed by atoms with Crippen LogP contribution in [0.25, 0.3) is 0 Å². The minimum Gasteiger partial charge on any atom is -0.383 e. The second kappa shape index (κ2) is 11.4. The number of carbonyl (C=O) groups excluding carboxylic acids is 2. The molecule has 5 nitrogen and oxygen atoms in total. The summed E-state index contributed by atoms with van der Waals surface area (Å²) in [6.07, 6.45) is 0. The van der Waals surface area contributed by atoms with Crippen molar-refractivity contribution in [2.75, 3.05) is 26.8 Å². The lowest BCUT2D eigenvalue weighted by molar-refractivity contribution is -0.133. The van der Waals surface area contributed by atoms with Crippen LogP contribution in [0.15, 0.2) is 72.1 Å². The number of methoxy groups -OCH3 is 1. The first kappa shape index (κ1) is 22.7. The molecule has 0 aliphatic heterocycles. The third-order valence-corrected chi connectivity index (χ3v) is 5.63. The SMILES string of the molecule is COCCN(CC(=O)N(Cc1ccc(F)cc1)Cc1cccs1)C(=O)c1ccccc1. The summed E-state index contributed by atoms with van der Waals surface area (Å²) in [6.45, 7) is 1.32. The summed E-state index contributed by atoms with van der Waals surface area (Å²) in [5.41, 5.74) is 1.35. The zero-order chi connectivity index (χ0) is 22.1. The highest BCUT2D eigenvalue weighted by Crippen LogP contribution is 2.16. The van der Waals surface area contributed by atoms with E-state index in [2.05, 4.69) is 0 Å². The van der Waals surface area contributed by atoms with Gasteiger partial charge in [0.2, 0.25) is 5.91 Å². The van der Waals surface area contributed by atoms with Gasteiger partial charge in [0, 0.05) is 30.6 Å². The van der Waals surface area contributed by atoms with Crippen LogP contribution in [0.5, 0.6) is 0 Å². The van der Waals surface area contributed by atoms with Gasteiger partial charge in [-0.05, 0) is 41.3 Å². The van der Waals surface area contributed by atoms with Gasteiger partial charge in [-0.25, -0.2) is 4.39 Å². The molecule has 3 aromatic rings. The van der Waals surface area contributed by atoms with E-state index < -0.39 is 0 Å². The number of nitrogens with zero attached hydrogens (tertiary/aromatic N) is 2. The van der Waals surface area contributed by atoms with E-state index in [1.54, 1.807) is 59.7 Å². The lowest BCUT2D eigenvalue weighted by atomic mass is 10.2. The molecule has 2 amide bonds. The molecule has 0 spiro atoms. The van der Waals surface area contributed by atoms with Gasteiger partial charge >= 0.3 is 0 Å². The first-order valence-electron chi connectivity index (χ1n) is 9.94. The fourth-order valence-electron chi connectivity index (χ4n) is 3.11. The monoisotopic (exact) mass is 440 g/mol. The Morgan fingerprint density at radius 1 is 0.935 bits per heavy atom. The van der Waals surface area contributed by atoms with Gasteiger partial charge in [0.1, 0.15) is 12.4 Å². The molecule has 0 bridgehead atoms. The van der Waals surface area contributed by atoms with E-state index >= 15 is 0 Å². The van der Waals surface area contributed by atoms with Crippen LogP contribution in [0.4, 0.5) is 4.39 Å². The lowest BCUT2D eigenvalue weighted by Gasteiger charge is -2.27. The molecule has 0 aliphatic carbocycles. The first-order valence-corrected chi connectivity index (χ1v) is 10.8. The van der Waals surface area contributed by atoms with E-state index in [-0.39, 0.29) is 24.2 Å². The summed E-state index contributed by atoms with van der Waals surface area (Å²) in [5, 5.41) is 1.96. The Morgan fingerprint density at radius 2 is 1.68 bits per heavy atom. The molecular weight excluding hydrogens is 415 g/mol. The first-order chi connectivity index (χ1) is 15.1. The molecular formula is C24H25FN2O3S. The number of hydrogen-bond donors (Lipinski definition) is 0. The average molecular weight is 441 g/mol. The van der Waals surface area contributed by atoms with E-state index in [1.165, 1.54) is 17.0 Å². The predicted octanol–water partition coefficient (Wildman–Crippen LogP) is 4.20. The highest BCUT2D eigenvalue weighted by Gasteiger charge is 2.23. The maximum atomic E-state index is 13.3. The van der Waals surface area contributed by atoms with Crippen LogP contribution in [0, 0.1) is 5.82 Å². The van der Waals surface area contributed by atoms with Crippen LogP contribution in [0.3, 0.4) is 0 Å². The van der Waals surface area contributed by atoms with E-state index in [1.807, 2.05) is 23.6 Å². The van der Waals surface area contributed by atoms with Gasteiger partial charge in [-0.2, -0.15) is 0 Å². The Labute approximate surface area is 185 Å². The Morgan fingerprint density at radius 3 is 2.32 bits per heavy atom. The molecule has 3 rings (SSSR count). The molecule has 0 saturated carbocycles. The van der Waals surface area contributed by atoms with Crippen molar-refractivity contribution >= 4 is 23.2 Å². The largest absolute Gasteiger partial charge is 0.383 e. The number of halogens is 1. The lowest BCUT2D eigenvalue weighted by Crippen LogP contribution is -2.43. The fourth-order valence-corrected chi connectivity index (χ4v) is 3.83. The minimum atomic E-state index is -0.320. The Bertz CT molecular complexity index is 962. The van der Waals surface area contributed by atoms with Crippen LogP contribution < -0.4 is 0 Å². The van der Waals surface area contributed by atoms with Crippen molar-refractivity contribution < 1.29 is 18.7 Å². The van der Waals surface area contributed by atoms with E-state index in [9.17, 15) is 14.0 Å². The Hall–Kier alpha value is -3.03. The highest BCUT2D eigenvalue weighted by molar-refractivity contribution is 7.09. The topological polar surface area (TPSA) is 49.9 Å². The highest BCUT2D eigenvalue weighted by atomic mass is 32.1. The molecule has 0 fully saturated rings. The van der Waals surface area contributed by atoms with Crippen molar-refractivity contribution in [3.63, 3.8) is 0 Å². The van der Waals surface area contributed by atoms with Gasteiger partial charge in [-0.1, -0.05) is 36.4 Å². The van der Waals surface area contributed by atoms with Crippen LogP contribution in [-0.2, 0) is 22.6 Å². The van der Waals surface area contributed by atoms with Crippen LogP contribution >= 0.6 is 11.3 Å². The quantitative estimate of drug-likeness (QED) is 0.475. The molecule has 0 aliphatic rings. The van der Waals surface area contributed by atoms with Crippen molar-refractivity contribution in [2.45, 2.75) is 13.1 Å². The number of carbonyl (C=O) groups is 2. The third-order valence-electron chi connectivity index (χ3n) is 4.77. The minimum absolute atomic E-state index is 0.0658. The van der Waals surface area contributed by atoms with Gasteiger partial charge in [-0.3, -0.25) is 9.59 Å². The second-order valence-corrected chi connectivity index (χ2v) is 8.07. The van der Waals surface area contributed by atoms with Crippen LogP contribution in [-0.4, -0.2) is 48.4 Å². The smallest absolute Gasteiger partial charge is 0.254 e. The molecule has 162 valence electrons. The molecule has 7 heteroatoms. The molecule has 1 aromatic heterocycles. The molecule has 2 aromatic carbocycles. The van der Waals surface area contributed by atoms with Gasteiger partial charge in [0.25, 0.3) is 5.91 Å². The Kier molecular flexibility index (Phi) is 8.32. The second-order valence-electron chi connectivity index (χ2n) is 7.04. The number of rotatable bonds is 10. The molecule has 0 radical (unpaired) electrons. The van der Waals surface area contributed by atoms with Crippen molar-refractivity contribution in [1.82, 2.24) is 9.80 Å². The van der Waals surface area contributed by atoms with Crippen molar-refractivity contribution in [2.24, 2.45) is 0 Å². The summed E-state index contributed by atoms with van der Waals surface area (Å²) in [7, 11) is 1.56. The number of amides is 2.